The van der Waals surface area contributed by atoms with Crippen molar-refractivity contribution < 1.29 is 4.74 Å². The highest BCUT2D eigenvalue weighted by Crippen LogP contribution is 2.31. The third kappa shape index (κ3) is 8.48. The molecule has 0 spiro atoms. The molecule has 0 radical (unpaired) electrons. The van der Waals surface area contributed by atoms with Gasteiger partial charge in [-0.05, 0) is 31.8 Å². The molecule has 0 rings (SSSR count). The molecule has 0 aromatic carbocycles. The molecule has 0 fully saturated rings. The SMILES string of the molecule is CCCCC(CCCC)(CCCC)OCCCP. The zero-order valence-corrected chi connectivity index (χ0v) is 14.1. The van der Waals surface area contributed by atoms with E-state index in [1.807, 2.05) is 0 Å². The van der Waals surface area contributed by atoms with E-state index in [1.54, 1.807) is 0 Å². The average molecular weight is 274 g/mol. The van der Waals surface area contributed by atoms with Gasteiger partial charge in [-0.1, -0.05) is 59.3 Å². The first kappa shape index (κ1) is 18.4. The second kappa shape index (κ2) is 12.4. The third-order valence-electron chi connectivity index (χ3n) is 3.71. The Kier molecular flexibility index (Phi) is 12.7. The van der Waals surface area contributed by atoms with Crippen molar-refractivity contribution in [1.82, 2.24) is 0 Å². The van der Waals surface area contributed by atoms with Gasteiger partial charge in [0.1, 0.15) is 0 Å². The summed E-state index contributed by atoms with van der Waals surface area (Å²) in [6.07, 6.45) is 13.9. The van der Waals surface area contributed by atoms with Crippen molar-refractivity contribution in [3.05, 3.63) is 0 Å². The second-order valence-corrected chi connectivity index (χ2v) is 6.06. The maximum absolute atomic E-state index is 6.36. The Morgan fingerprint density at radius 3 is 1.56 bits per heavy atom. The van der Waals surface area contributed by atoms with Crippen molar-refractivity contribution in [2.24, 2.45) is 0 Å². The molecule has 0 amide bonds. The zero-order valence-electron chi connectivity index (χ0n) is 13.0. The molecule has 1 nitrogen and oxygen atoms in total. The summed E-state index contributed by atoms with van der Waals surface area (Å²) < 4.78 is 6.36. The van der Waals surface area contributed by atoms with Crippen LogP contribution in [-0.4, -0.2) is 18.4 Å². The largest absolute Gasteiger partial charge is 0.375 e. The molecule has 0 aliphatic heterocycles. The van der Waals surface area contributed by atoms with Crippen LogP contribution in [0, 0.1) is 0 Å². The Morgan fingerprint density at radius 2 is 1.22 bits per heavy atom. The molecular weight excluding hydrogens is 239 g/mol. The molecule has 110 valence electrons. The molecule has 0 aliphatic carbocycles. The molecule has 0 aromatic rings. The summed E-state index contributed by atoms with van der Waals surface area (Å²) >= 11 is 0. The summed E-state index contributed by atoms with van der Waals surface area (Å²) in [7, 11) is 2.80. The summed E-state index contributed by atoms with van der Waals surface area (Å²) in [5.41, 5.74) is 0.196. The molecule has 0 aliphatic rings. The number of hydrogen-bond donors (Lipinski definition) is 0. The molecule has 0 N–H and O–H groups in total. The first-order valence-electron chi connectivity index (χ1n) is 8.08. The van der Waals surface area contributed by atoms with E-state index >= 15 is 0 Å². The lowest BCUT2D eigenvalue weighted by Crippen LogP contribution is -2.33. The normalized spacial score (nSPS) is 12.0. The standard InChI is InChI=1S/C16H35OP/c1-4-7-11-16(12-8-5-2,13-9-6-3)17-14-10-15-18/h4-15,18H2,1-3H3. The van der Waals surface area contributed by atoms with Gasteiger partial charge in [0.25, 0.3) is 0 Å². The highest BCUT2D eigenvalue weighted by Gasteiger charge is 2.28. The van der Waals surface area contributed by atoms with Crippen molar-refractivity contribution in [2.75, 3.05) is 12.8 Å². The van der Waals surface area contributed by atoms with Gasteiger partial charge in [-0.25, -0.2) is 0 Å². The number of rotatable bonds is 13. The summed E-state index contributed by atoms with van der Waals surface area (Å²) in [6, 6.07) is 0. The Balaban J connectivity index is 4.41. The van der Waals surface area contributed by atoms with Gasteiger partial charge in [-0.2, -0.15) is 0 Å². The lowest BCUT2D eigenvalue weighted by Gasteiger charge is -2.34. The fourth-order valence-corrected chi connectivity index (χ4v) is 2.63. The predicted molar refractivity (Wildman–Crippen MR) is 86.5 cm³/mol. The summed E-state index contributed by atoms with van der Waals surface area (Å²) in [5.74, 6) is 0. The maximum atomic E-state index is 6.36. The van der Waals surface area contributed by atoms with E-state index in [0.29, 0.717) is 0 Å². The van der Waals surface area contributed by atoms with Crippen LogP contribution >= 0.6 is 9.24 Å². The van der Waals surface area contributed by atoms with Crippen LogP contribution in [0.5, 0.6) is 0 Å². The second-order valence-electron chi connectivity index (χ2n) is 5.48. The molecule has 2 heteroatoms. The molecule has 18 heavy (non-hydrogen) atoms. The van der Waals surface area contributed by atoms with Crippen LogP contribution in [0.1, 0.15) is 85.0 Å². The minimum absolute atomic E-state index is 0.196. The summed E-state index contributed by atoms with van der Waals surface area (Å²) in [5, 5.41) is 0. The van der Waals surface area contributed by atoms with E-state index in [4.69, 9.17) is 4.74 Å². The predicted octanol–water partition coefficient (Wildman–Crippen LogP) is 5.58. The van der Waals surface area contributed by atoms with Crippen molar-refractivity contribution in [3.63, 3.8) is 0 Å². The fourth-order valence-electron chi connectivity index (χ4n) is 2.46. The van der Waals surface area contributed by atoms with Crippen LogP contribution in [0.3, 0.4) is 0 Å². The molecule has 1 atom stereocenters. The van der Waals surface area contributed by atoms with E-state index in [0.717, 1.165) is 12.8 Å². The highest BCUT2D eigenvalue weighted by atomic mass is 31.0. The lowest BCUT2D eigenvalue weighted by atomic mass is 9.86. The summed E-state index contributed by atoms with van der Waals surface area (Å²) in [6.45, 7) is 7.80. The number of unbranched alkanes of at least 4 members (excludes halogenated alkanes) is 3. The van der Waals surface area contributed by atoms with E-state index < -0.39 is 0 Å². The maximum Gasteiger partial charge on any atom is 0.0682 e. The topological polar surface area (TPSA) is 9.23 Å². The van der Waals surface area contributed by atoms with Gasteiger partial charge < -0.3 is 4.74 Å². The Morgan fingerprint density at radius 1 is 0.778 bits per heavy atom. The number of hydrogen-bond acceptors (Lipinski definition) is 1. The van der Waals surface area contributed by atoms with Crippen molar-refractivity contribution >= 4 is 9.24 Å². The lowest BCUT2D eigenvalue weighted by molar-refractivity contribution is -0.0669. The summed E-state index contributed by atoms with van der Waals surface area (Å²) in [4.78, 5) is 0. The van der Waals surface area contributed by atoms with E-state index in [1.165, 1.54) is 64.2 Å². The molecule has 1 unspecified atom stereocenters. The van der Waals surface area contributed by atoms with Crippen LogP contribution in [0.2, 0.25) is 0 Å². The minimum atomic E-state index is 0.196. The fraction of sp³-hybridized carbons (Fsp3) is 1.00. The quantitative estimate of drug-likeness (QED) is 0.315. The van der Waals surface area contributed by atoms with Gasteiger partial charge in [0.05, 0.1) is 5.60 Å². The monoisotopic (exact) mass is 274 g/mol. The van der Waals surface area contributed by atoms with Crippen LogP contribution in [0.4, 0.5) is 0 Å². The average Bonchev–Trinajstić information content (AvgIpc) is 2.40. The molecule has 0 heterocycles. The smallest absolute Gasteiger partial charge is 0.0682 e. The van der Waals surface area contributed by atoms with Crippen LogP contribution in [-0.2, 0) is 4.74 Å². The molecule has 0 saturated carbocycles. The minimum Gasteiger partial charge on any atom is -0.375 e. The van der Waals surface area contributed by atoms with Crippen LogP contribution in [0.25, 0.3) is 0 Å². The Hall–Kier alpha value is 0.390. The van der Waals surface area contributed by atoms with Gasteiger partial charge in [0, 0.05) is 6.61 Å². The van der Waals surface area contributed by atoms with Gasteiger partial charge in [-0.15, -0.1) is 9.24 Å². The molecular formula is C16H35OP. The molecule has 0 bridgehead atoms. The van der Waals surface area contributed by atoms with Crippen molar-refractivity contribution in [1.29, 1.82) is 0 Å². The van der Waals surface area contributed by atoms with Gasteiger partial charge in [0.15, 0.2) is 0 Å². The first-order chi connectivity index (χ1) is 8.74. The Bertz CT molecular complexity index is 149. The van der Waals surface area contributed by atoms with E-state index in [2.05, 4.69) is 30.0 Å². The Labute approximate surface area is 118 Å². The van der Waals surface area contributed by atoms with E-state index in [9.17, 15) is 0 Å². The van der Waals surface area contributed by atoms with Crippen LogP contribution < -0.4 is 0 Å². The van der Waals surface area contributed by atoms with Crippen molar-refractivity contribution in [3.8, 4) is 0 Å². The zero-order chi connectivity index (χ0) is 13.7. The third-order valence-corrected chi connectivity index (χ3v) is 4.12. The molecule has 0 aromatic heterocycles. The molecule has 0 saturated heterocycles. The van der Waals surface area contributed by atoms with Crippen molar-refractivity contribution in [2.45, 2.75) is 90.6 Å². The van der Waals surface area contributed by atoms with Gasteiger partial charge in [0.2, 0.25) is 0 Å². The van der Waals surface area contributed by atoms with Crippen LogP contribution in [0.15, 0.2) is 0 Å². The van der Waals surface area contributed by atoms with Gasteiger partial charge in [-0.3, -0.25) is 0 Å². The van der Waals surface area contributed by atoms with E-state index in [-0.39, 0.29) is 5.60 Å². The number of ether oxygens (including phenoxy) is 1. The van der Waals surface area contributed by atoms with Gasteiger partial charge >= 0.3 is 0 Å². The highest BCUT2D eigenvalue weighted by molar-refractivity contribution is 7.16. The first-order valence-corrected chi connectivity index (χ1v) is 8.90.